The molecule has 0 saturated carbocycles. The van der Waals surface area contributed by atoms with Crippen LogP contribution in [0.1, 0.15) is 35.9 Å². The molecule has 0 aliphatic carbocycles. The van der Waals surface area contributed by atoms with Crippen molar-refractivity contribution in [3.63, 3.8) is 0 Å². The van der Waals surface area contributed by atoms with E-state index in [-0.39, 0.29) is 5.69 Å². The predicted molar refractivity (Wildman–Crippen MR) is 95.7 cm³/mol. The minimum Gasteiger partial charge on any atom is -0.494 e. The summed E-state index contributed by atoms with van der Waals surface area (Å²) in [4.78, 5) is 12.7. The number of para-hydroxylation sites is 1. The van der Waals surface area contributed by atoms with Crippen molar-refractivity contribution in [1.82, 2.24) is 0 Å². The van der Waals surface area contributed by atoms with Crippen molar-refractivity contribution in [2.75, 3.05) is 11.9 Å². The summed E-state index contributed by atoms with van der Waals surface area (Å²) in [6.07, 6.45) is 2.01. The largest absolute Gasteiger partial charge is 0.494 e. The molecule has 1 heterocycles. The second kappa shape index (κ2) is 7.38. The fourth-order valence-electron chi connectivity index (χ4n) is 2.65. The second-order valence-corrected chi connectivity index (χ2v) is 5.83. The Bertz CT molecular complexity index is 901. The molecule has 4 nitrogen and oxygen atoms in total. The zero-order chi connectivity index (χ0) is 17.8. The van der Waals surface area contributed by atoms with Gasteiger partial charge in [-0.25, -0.2) is 4.39 Å². The SMILES string of the molecule is CCCCOc1ccc2oc(C)c(C(=O)Nc3ccccc3F)c2c1. The third kappa shape index (κ3) is 3.65. The number of anilines is 1. The fraction of sp³-hybridized carbons (Fsp3) is 0.250. The van der Waals surface area contributed by atoms with E-state index in [1.807, 2.05) is 6.07 Å². The number of amides is 1. The highest BCUT2D eigenvalue weighted by molar-refractivity contribution is 6.13. The number of halogens is 1. The van der Waals surface area contributed by atoms with Gasteiger partial charge in [0.25, 0.3) is 5.91 Å². The summed E-state index contributed by atoms with van der Waals surface area (Å²) in [5.41, 5.74) is 1.12. The van der Waals surface area contributed by atoms with Gasteiger partial charge in [-0.2, -0.15) is 0 Å². The maximum Gasteiger partial charge on any atom is 0.259 e. The van der Waals surface area contributed by atoms with Crippen molar-refractivity contribution in [1.29, 1.82) is 0 Å². The Morgan fingerprint density at radius 3 is 2.80 bits per heavy atom. The summed E-state index contributed by atoms with van der Waals surface area (Å²) in [5, 5.41) is 3.26. The van der Waals surface area contributed by atoms with Gasteiger partial charge in [-0.05, 0) is 43.7 Å². The van der Waals surface area contributed by atoms with Crippen LogP contribution in [0.5, 0.6) is 5.75 Å². The quantitative estimate of drug-likeness (QED) is 0.618. The fourth-order valence-corrected chi connectivity index (χ4v) is 2.65. The molecule has 0 aliphatic rings. The smallest absolute Gasteiger partial charge is 0.259 e. The lowest BCUT2D eigenvalue weighted by Crippen LogP contribution is -2.13. The van der Waals surface area contributed by atoms with E-state index in [4.69, 9.17) is 9.15 Å². The van der Waals surface area contributed by atoms with E-state index in [0.29, 0.717) is 34.6 Å². The Kier molecular flexibility index (Phi) is 5.03. The molecule has 25 heavy (non-hydrogen) atoms. The lowest BCUT2D eigenvalue weighted by Gasteiger charge is -2.07. The van der Waals surface area contributed by atoms with Crippen molar-refractivity contribution in [3.05, 3.63) is 59.6 Å². The van der Waals surface area contributed by atoms with Gasteiger partial charge in [-0.1, -0.05) is 25.5 Å². The van der Waals surface area contributed by atoms with Crippen LogP contribution in [-0.2, 0) is 0 Å². The highest BCUT2D eigenvalue weighted by atomic mass is 19.1. The Labute approximate surface area is 145 Å². The second-order valence-electron chi connectivity index (χ2n) is 5.83. The van der Waals surface area contributed by atoms with Crippen LogP contribution in [0.25, 0.3) is 11.0 Å². The van der Waals surface area contributed by atoms with Gasteiger partial charge >= 0.3 is 0 Å². The lowest BCUT2D eigenvalue weighted by molar-refractivity contribution is 0.102. The van der Waals surface area contributed by atoms with Gasteiger partial charge in [0.15, 0.2) is 0 Å². The number of nitrogens with one attached hydrogen (secondary N) is 1. The van der Waals surface area contributed by atoms with Crippen LogP contribution < -0.4 is 10.1 Å². The third-order valence-corrected chi connectivity index (χ3v) is 3.95. The molecular weight excluding hydrogens is 321 g/mol. The molecule has 3 aromatic rings. The Hall–Kier alpha value is -2.82. The van der Waals surface area contributed by atoms with Crippen molar-refractivity contribution in [3.8, 4) is 5.75 Å². The highest BCUT2D eigenvalue weighted by Gasteiger charge is 2.20. The highest BCUT2D eigenvalue weighted by Crippen LogP contribution is 2.30. The van der Waals surface area contributed by atoms with Crippen LogP contribution in [0.2, 0.25) is 0 Å². The molecule has 2 aromatic carbocycles. The molecule has 1 amide bonds. The Morgan fingerprint density at radius 2 is 2.04 bits per heavy atom. The summed E-state index contributed by atoms with van der Waals surface area (Å²) in [7, 11) is 0. The van der Waals surface area contributed by atoms with E-state index < -0.39 is 11.7 Å². The minimum atomic E-state index is -0.482. The van der Waals surface area contributed by atoms with Crippen LogP contribution >= 0.6 is 0 Å². The number of hydrogen-bond donors (Lipinski definition) is 1. The van der Waals surface area contributed by atoms with Gasteiger partial charge in [-0.3, -0.25) is 4.79 Å². The first-order valence-corrected chi connectivity index (χ1v) is 8.32. The molecule has 130 valence electrons. The first kappa shape index (κ1) is 17.0. The molecule has 1 N–H and O–H groups in total. The number of hydrogen-bond acceptors (Lipinski definition) is 3. The maximum absolute atomic E-state index is 13.8. The number of carbonyl (C=O) groups is 1. The number of benzene rings is 2. The number of furan rings is 1. The summed E-state index contributed by atoms with van der Waals surface area (Å²) < 4.78 is 25.1. The standard InChI is InChI=1S/C20H20FNO3/c1-3-4-11-24-14-9-10-18-15(12-14)19(13(2)25-18)20(23)22-17-8-6-5-7-16(17)21/h5-10,12H,3-4,11H2,1-2H3,(H,22,23). The van der Waals surface area contributed by atoms with E-state index in [1.165, 1.54) is 12.1 Å². The van der Waals surface area contributed by atoms with Crippen LogP contribution in [0, 0.1) is 12.7 Å². The minimum absolute atomic E-state index is 0.136. The van der Waals surface area contributed by atoms with E-state index in [0.717, 1.165) is 12.8 Å². The predicted octanol–water partition coefficient (Wildman–Crippen LogP) is 5.31. The van der Waals surface area contributed by atoms with E-state index >= 15 is 0 Å². The van der Waals surface area contributed by atoms with Gasteiger partial charge in [0.1, 0.15) is 22.9 Å². The van der Waals surface area contributed by atoms with Gasteiger partial charge in [-0.15, -0.1) is 0 Å². The van der Waals surface area contributed by atoms with Gasteiger partial charge in [0, 0.05) is 5.39 Å². The zero-order valence-corrected chi connectivity index (χ0v) is 14.3. The van der Waals surface area contributed by atoms with Crippen LogP contribution in [-0.4, -0.2) is 12.5 Å². The van der Waals surface area contributed by atoms with E-state index in [2.05, 4.69) is 12.2 Å². The van der Waals surface area contributed by atoms with Crippen LogP contribution in [0.15, 0.2) is 46.9 Å². The van der Waals surface area contributed by atoms with E-state index in [9.17, 15) is 9.18 Å². The molecule has 3 rings (SSSR count). The molecular formula is C20H20FNO3. The van der Waals surface area contributed by atoms with E-state index in [1.54, 1.807) is 31.2 Å². The summed E-state index contributed by atoms with van der Waals surface area (Å²) in [5.74, 6) is 0.271. The molecule has 0 radical (unpaired) electrons. The van der Waals surface area contributed by atoms with Crippen molar-refractivity contribution in [2.24, 2.45) is 0 Å². The molecule has 0 spiro atoms. The van der Waals surface area contributed by atoms with Gasteiger partial charge in [0.2, 0.25) is 0 Å². The molecule has 0 aliphatic heterocycles. The van der Waals surface area contributed by atoms with Crippen molar-refractivity contribution < 1.29 is 18.3 Å². The molecule has 0 saturated heterocycles. The van der Waals surface area contributed by atoms with Crippen molar-refractivity contribution in [2.45, 2.75) is 26.7 Å². The average Bonchev–Trinajstić information content (AvgIpc) is 2.92. The number of rotatable bonds is 6. The van der Waals surface area contributed by atoms with Crippen LogP contribution in [0.4, 0.5) is 10.1 Å². The van der Waals surface area contributed by atoms with Gasteiger partial charge in [0.05, 0.1) is 17.9 Å². The maximum atomic E-state index is 13.8. The average molecular weight is 341 g/mol. The monoisotopic (exact) mass is 341 g/mol. The number of aryl methyl sites for hydroxylation is 1. The summed E-state index contributed by atoms with van der Waals surface area (Å²) in [6, 6.07) is 11.4. The van der Waals surface area contributed by atoms with Gasteiger partial charge < -0.3 is 14.5 Å². The number of unbranched alkanes of at least 4 members (excludes halogenated alkanes) is 1. The molecule has 1 aromatic heterocycles. The number of carbonyl (C=O) groups excluding carboxylic acids is 1. The van der Waals surface area contributed by atoms with Crippen molar-refractivity contribution >= 4 is 22.6 Å². The molecule has 0 bridgehead atoms. The first-order chi connectivity index (χ1) is 12.1. The topological polar surface area (TPSA) is 51.5 Å². The normalized spacial score (nSPS) is 10.8. The van der Waals surface area contributed by atoms with Crippen LogP contribution in [0.3, 0.4) is 0 Å². The summed E-state index contributed by atoms with van der Waals surface area (Å²) in [6.45, 7) is 4.43. The Balaban J connectivity index is 1.91. The molecule has 0 fully saturated rings. The zero-order valence-electron chi connectivity index (χ0n) is 14.3. The third-order valence-electron chi connectivity index (χ3n) is 3.95. The first-order valence-electron chi connectivity index (χ1n) is 8.32. The summed E-state index contributed by atoms with van der Waals surface area (Å²) >= 11 is 0. The molecule has 0 unspecified atom stereocenters. The number of ether oxygens (including phenoxy) is 1. The number of fused-ring (bicyclic) bond motifs is 1. The Morgan fingerprint density at radius 1 is 1.24 bits per heavy atom. The lowest BCUT2D eigenvalue weighted by atomic mass is 10.1. The molecule has 5 heteroatoms. The molecule has 0 atom stereocenters.